The van der Waals surface area contributed by atoms with Crippen molar-refractivity contribution in [3.8, 4) is 0 Å². The molecule has 2 amide bonds. The summed E-state index contributed by atoms with van der Waals surface area (Å²) in [4.78, 5) is 74.8. The maximum atomic E-state index is 12.5. The van der Waals surface area contributed by atoms with Crippen LogP contribution in [0.15, 0.2) is 35.3 Å². The van der Waals surface area contributed by atoms with Crippen LogP contribution in [0.4, 0.5) is 11.6 Å². The zero-order chi connectivity index (χ0) is 29.4. The quantitative estimate of drug-likeness (QED) is 0.142. The molecule has 0 fully saturated rings. The van der Waals surface area contributed by atoms with Crippen LogP contribution in [0.2, 0.25) is 0 Å². The van der Waals surface area contributed by atoms with Crippen molar-refractivity contribution >= 4 is 46.4 Å². The number of ketones is 1. The number of carbonyl (C=O) groups is 4. The fourth-order valence-corrected chi connectivity index (χ4v) is 3.61. The average molecular weight is 554 g/mol. The summed E-state index contributed by atoms with van der Waals surface area (Å²) in [5.74, 6) is -3.47. The second kappa shape index (κ2) is 13.2. The SMILES string of the molecule is CC[C@H](CC(=O)[C@H](C)NC(=O)[C@@H](N)CNC(=O)c1ccc(NCc2cnc3nc(N)[nH]c(=O)c3n2)cc1)C(=O)O. The van der Waals surface area contributed by atoms with Gasteiger partial charge in [-0.3, -0.25) is 29.0 Å². The Morgan fingerprint density at radius 3 is 2.48 bits per heavy atom. The number of Topliss-reactive ketones (excluding diaryl/α,β-unsaturated/α-hetero) is 1. The first-order chi connectivity index (χ1) is 19.0. The van der Waals surface area contributed by atoms with Gasteiger partial charge >= 0.3 is 5.97 Å². The third kappa shape index (κ3) is 7.80. The number of nitrogens with two attached hydrogens (primary N) is 2. The Morgan fingerprint density at radius 2 is 1.82 bits per heavy atom. The van der Waals surface area contributed by atoms with E-state index in [1.165, 1.54) is 13.1 Å². The van der Waals surface area contributed by atoms with Gasteiger partial charge in [-0.05, 0) is 37.6 Å². The number of carbonyl (C=O) groups excluding carboxylic acids is 3. The molecular weight excluding hydrogens is 522 g/mol. The minimum absolute atomic E-state index is 0.0480. The third-order valence-electron chi connectivity index (χ3n) is 6.06. The van der Waals surface area contributed by atoms with Crippen LogP contribution in [0.1, 0.15) is 42.7 Å². The number of anilines is 2. The molecule has 0 aliphatic rings. The number of carboxylic acids is 1. The standard InChI is InChI=1S/C25H31N9O6/c1-3-13(24(39)40)8-18(35)12(2)31-22(37)17(26)11-30-21(36)14-4-6-15(7-5-14)28-9-16-10-29-20-19(32-16)23(38)34-25(27)33-20/h4-7,10,12-13,17,28H,3,8-9,11,26H2,1-2H3,(H,30,36)(H,31,37)(H,39,40)(H3,27,29,33,34,38)/t12-,13+,17-/m0/s1. The highest BCUT2D eigenvalue weighted by atomic mass is 16.4. The molecule has 1 aromatic carbocycles. The summed E-state index contributed by atoms with van der Waals surface area (Å²) >= 11 is 0. The highest BCUT2D eigenvalue weighted by molar-refractivity contribution is 5.95. The topological polar surface area (TPSA) is 248 Å². The van der Waals surface area contributed by atoms with Crippen molar-refractivity contribution < 1.29 is 24.3 Å². The summed E-state index contributed by atoms with van der Waals surface area (Å²) in [5.41, 5.74) is 12.6. The van der Waals surface area contributed by atoms with Gasteiger partial charge in [-0.2, -0.15) is 4.98 Å². The molecule has 0 aliphatic heterocycles. The van der Waals surface area contributed by atoms with Crippen LogP contribution >= 0.6 is 0 Å². The number of carboxylic acid groups (broad SMARTS) is 1. The molecule has 2 heterocycles. The van der Waals surface area contributed by atoms with Crippen molar-refractivity contribution in [3.05, 3.63) is 52.1 Å². The number of aromatic nitrogens is 4. The Morgan fingerprint density at radius 1 is 1.12 bits per heavy atom. The second-order valence-electron chi connectivity index (χ2n) is 9.08. The molecule has 15 nitrogen and oxygen atoms in total. The number of benzene rings is 1. The van der Waals surface area contributed by atoms with E-state index in [2.05, 4.69) is 35.9 Å². The fourth-order valence-electron chi connectivity index (χ4n) is 3.61. The zero-order valence-electron chi connectivity index (χ0n) is 21.9. The van der Waals surface area contributed by atoms with Crippen LogP contribution < -0.4 is 33.0 Å². The average Bonchev–Trinajstić information content (AvgIpc) is 2.93. The van der Waals surface area contributed by atoms with Gasteiger partial charge in [0.05, 0.1) is 30.4 Å². The number of aromatic amines is 1. The number of nitrogens with one attached hydrogen (secondary N) is 4. The van der Waals surface area contributed by atoms with Crippen LogP contribution in [0.3, 0.4) is 0 Å². The van der Waals surface area contributed by atoms with E-state index in [0.717, 1.165) is 0 Å². The molecule has 3 atom stereocenters. The molecule has 3 aromatic rings. The normalized spacial score (nSPS) is 13.2. The zero-order valence-corrected chi connectivity index (χ0v) is 21.9. The van der Waals surface area contributed by atoms with Crippen molar-refractivity contribution in [2.24, 2.45) is 11.7 Å². The lowest BCUT2D eigenvalue weighted by molar-refractivity contribution is -0.144. The summed E-state index contributed by atoms with van der Waals surface area (Å²) in [6.45, 7) is 3.19. The van der Waals surface area contributed by atoms with Gasteiger partial charge in [0.1, 0.15) is 6.04 Å². The van der Waals surface area contributed by atoms with E-state index in [1.54, 1.807) is 31.2 Å². The number of aliphatic carboxylic acids is 1. The smallest absolute Gasteiger partial charge is 0.306 e. The molecule has 212 valence electrons. The first kappa shape index (κ1) is 29.6. The third-order valence-corrected chi connectivity index (χ3v) is 6.06. The summed E-state index contributed by atoms with van der Waals surface area (Å²) in [6, 6.07) is 4.43. The number of H-pyrrole nitrogens is 1. The van der Waals surface area contributed by atoms with Gasteiger partial charge in [-0.15, -0.1) is 0 Å². The summed E-state index contributed by atoms with van der Waals surface area (Å²) < 4.78 is 0. The van der Waals surface area contributed by atoms with Crippen molar-refractivity contribution in [3.63, 3.8) is 0 Å². The summed E-state index contributed by atoms with van der Waals surface area (Å²) in [6.07, 6.45) is 1.56. The maximum Gasteiger partial charge on any atom is 0.306 e. The number of fused-ring (bicyclic) bond motifs is 1. The Bertz CT molecular complexity index is 1460. The molecule has 0 unspecified atom stereocenters. The van der Waals surface area contributed by atoms with Crippen LogP contribution in [0.25, 0.3) is 11.2 Å². The minimum Gasteiger partial charge on any atom is -0.481 e. The lowest BCUT2D eigenvalue weighted by Crippen LogP contribution is -2.51. The van der Waals surface area contributed by atoms with E-state index in [0.29, 0.717) is 23.4 Å². The fraction of sp³-hybridized carbons (Fsp3) is 0.360. The first-order valence-corrected chi connectivity index (χ1v) is 12.4. The maximum absolute atomic E-state index is 12.5. The van der Waals surface area contributed by atoms with Gasteiger partial charge < -0.3 is 32.5 Å². The monoisotopic (exact) mass is 553 g/mol. The van der Waals surface area contributed by atoms with Crippen LogP contribution in [-0.4, -0.2) is 67.2 Å². The van der Waals surface area contributed by atoms with Crippen molar-refractivity contribution in [2.45, 2.75) is 45.3 Å². The number of nitrogens with zero attached hydrogens (tertiary/aromatic N) is 3. The van der Waals surface area contributed by atoms with Gasteiger partial charge in [0.15, 0.2) is 16.9 Å². The Balaban J connectivity index is 1.47. The van der Waals surface area contributed by atoms with E-state index in [-0.39, 0.29) is 36.6 Å². The molecule has 0 radical (unpaired) electrons. The van der Waals surface area contributed by atoms with Crippen LogP contribution in [0, 0.1) is 5.92 Å². The van der Waals surface area contributed by atoms with E-state index >= 15 is 0 Å². The molecule has 3 rings (SSSR count). The predicted octanol–water partition coefficient (Wildman–Crippen LogP) is -0.461. The molecule has 15 heteroatoms. The van der Waals surface area contributed by atoms with Crippen molar-refractivity contribution in [1.82, 2.24) is 30.6 Å². The Kier molecular flexibility index (Phi) is 9.81. The molecule has 0 spiro atoms. The predicted molar refractivity (Wildman–Crippen MR) is 145 cm³/mol. The van der Waals surface area contributed by atoms with Crippen molar-refractivity contribution in [2.75, 3.05) is 17.6 Å². The minimum atomic E-state index is -1.12. The number of hydrogen-bond acceptors (Lipinski definition) is 11. The molecule has 40 heavy (non-hydrogen) atoms. The van der Waals surface area contributed by atoms with Crippen LogP contribution in [-0.2, 0) is 20.9 Å². The van der Waals surface area contributed by atoms with Gasteiger partial charge in [0.2, 0.25) is 11.9 Å². The number of amides is 2. The second-order valence-corrected chi connectivity index (χ2v) is 9.08. The van der Waals surface area contributed by atoms with Gasteiger partial charge in [-0.1, -0.05) is 6.92 Å². The largest absolute Gasteiger partial charge is 0.481 e. The Hall–Kier alpha value is -4.92. The molecule has 0 aliphatic carbocycles. The van der Waals surface area contributed by atoms with Crippen molar-refractivity contribution in [1.29, 1.82) is 0 Å². The van der Waals surface area contributed by atoms with E-state index in [4.69, 9.17) is 16.6 Å². The lowest BCUT2D eigenvalue weighted by Gasteiger charge is -2.18. The Labute approximate surface area is 228 Å². The molecule has 9 N–H and O–H groups in total. The number of hydrogen-bond donors (Lipinski definition) is 7. The van der Waals surface area contributed by atoms with Gasteiger partial charge in [0.25, 0.3) is 11.5 Å². The lowest BCUT2D eigenvalue weighted by atomic mass is 9.97. The first-order valence-electron chi connectivity index (χ1n) is 12.4. The van der Waals surface area contributed by atoms with E-state index in [9.17, 15) is 24.0 Å². The molecule has 0 saturated carbocycles. The van der Waals surface area contributed by atoms with E-state index < -0.39 is 47.1 Å². The molecule has 2 aromatic heterocycles. The summed E-state index contributed by atoms with van der Waals surface area (Å²) in [5, 5.41) is 17.2. The molecule has 0 saturated heterocycles. The van der Waals surface area contributed by atoms with Gasteiger partial charge in [-0.25, -0.2) is 9.97 Å². The summed E-state index contributed by atoms with van der Waals surface area (Å²) in [7, 11) is 0. The van der Waals surface area contributed by atoms with Gasteiger partial charge in [0, 0.05) is 24.2 Å². The van der Waals surface area contributed by atoms with E-state index in [1.807, 2.05) is 0 Å². The highest BCUT2D eigenvalue weighted by Crippen LogP contribution is 2.12. The highest BCUT2D eigenvalue weighted by Gasteiger charge is 2.25. The number of nitrogen functional groups attached to an aromatic ring is 1. The number of rotatable bonds is 13. The molecule has 0 bridgehead atoms. The molecular formula is C25H31N9O6. The van der Waals surface area contributed by atoms with Crippen LogP contribution in [0.5, 0.6) is 0 Å².